The Bertz CT molecular complexity index is 1560. The van der Waals surface area contributed by atoms with Crippen LogP contribution >= 0.6 is 23.2 Å². The molecule has 0 saturated heterocycles. The second-order valence-electron chi connectivity index (χ2n) is 8.71. The van der Waals surface area contributed by atoms with E-state index >= 15 is 0 Å². The van der Waals surface area contributed by atoms with E-state index in [9.17, 15) is 18.3 Å². The molecule has 8 nitrogen and oxygen atoms in total. The number of sulfonamides is 1. The zero-order valence-corrected chi connectivity index (χ0v) is 23.0. The van der Waals surface area contributed by atoms with Gasteiger partial charge in [0.1, 0.15) is 23.8 Å². The predicted molar refractivity (Wildman–Crippen MR) is 146 cm³/mol. The zero-order valence-electron chi connectivity index (χ0n) is 20.7. The topological polar surface area (TPSA) is 110 Å². The third kappa shape index (κ3) is 5.50. The molecule has 3 aromatic carbocycles. The lowest BCUT2D eigenvalue weighted by Crippen LogP contribution is -2.26. The lowest BCUT2D eigenvalue weighted by atomic mass is 10.0. The summed E-state index contributed by atoms with van der Waals surface area (Å²) in [4.78, 5) is 11.1. The van der Waals surface area contributed by atoms with Crippen molar-refractivity contribution in [3.05, 3.63) is 93.7 Å². The van der Waals surface area contributed by atoms with Crippen molar-refractivity contribution < 1.29 is 27.6 Å². The standard InChI is InChI=1S/C27H24Cl2N2O6S/c1-16(2)26-21(25(30-37-26)24-22(28)8-5-9-23(24)29)15-36-19-12-10-18(11-13-19)31(3)38(34,35)20-7-4-6-17(14-20)27(32)33/h4-14,16H,15H2,1-3H3,(H,32,33). The van der Waals surface area contributed by atoms with Crippen LogP contribution in [0.5, 0.6) is 5.75 Å². The molecule has 0 aliphatic heterocycles. The fourth-order valence-electron chi connectivity index (χ4n) is 3.83. The smallest absolute Gasteiger partial charge is 0.335 e. The van der Waals surface area contributed by atoms with Crippen molar-refractivity contribution >= 4 is 44.9 Å². The number of aromatic carboxylic acids is 1. The summed E-state index contributed by atoms with van der Waals surface area (Å²) in [6.45, 7) is 4.06. The number of nitrogens with zero attached hydrogens (tertiary/aromatic N) is 2. The minimum absolute atomic E-state index is 0.0250. The van der Waals surface area contributed by atoms with Crippen LogP contribution in [0.4, 0.5) is 5.69 Å². The number of aromatic nitrogens is 1. The first-order chi connectivity index (χ1) is 18.0. The molecular formula is C27H24Cl2N2O6S. The Balaban J connectivity index is 1.56. The van der Waals surface area contributed by atoms with Gasteiger partial charge in [0, 0.05) is 18.5 Å². The van der Waals surface area contributed by atoms with Gasteiger partial charge in [-0.1, -0.05) is 54.3 Å². The highest BCUT2D eigenvalue weighted by molar-refractivity contribution is 7.92. The molecule has 0 atom stereocenters. The van der Waals surface area contributed by atoms with E-state index in [0.29, 0.717) is 44.1 Å². The van der Waals surface area contributed by atoms with Crippen LogP contribution in [0.2, 0.25) is 10.0 Å². The summed E-state index contributed by atoms with van der Waals surface area (Å²) >= 11 is 12.8. The van der Waals surface area contributed by atoms with E-state index in [-0.39, 0.29) is 23.0 Å². The van der Waals surface area contributed by atoms with E-state index in [1.165, 1.54) is 25.2 Å². The van der Waals surface area contributed by atoms with Gasteiger partial charge in [-0.3, -0.25) is 4.31 Å². The van der Waals surface area contributed by atoms with Gasteiger partial charge in [0.15, 0.2) is 0 Å². The molecule has 38 heavy (non-hydrogen) atoms. The molecule has 0 unspecified atom stereocenters. The maximum Gasteiger partial charge on any atom is 0.335 e. The van der Waals surface area contributed by atoms with Gasteiger partial charge in [-0.2, -0.15) is 0 Å². The van der Waals surface area contributed by atoms with Crippen molar-refractivity contribution in [2.24, 2.45) is 0 Å². The molecule has 0 bridgehead atoms. The number of halogens is 2. The molecule has 198 valence electrons. The number of anilines is 1. The molecule has 0 aliphatic carbocycles. The Morgan fingerprint density at radius 2 is 1.68 bits per heavy atom. The number of hydrogen-bond acceptors (Lipinski definition) is 6. The Morgan fingerprint density at radius 1 is 1.05 bits per heavy atom. The maximum atomic E-state index is 13.1. The molecule has 4 rings (SSSR count). The average Bonchev–Trinajstić information content (AvgIpc) is 3.31. The number of carboxylic acids is 1. The molecule has 0 radical (unpaired) electrons. The van der Waals surface area contributed by atoms with Crippen LogP contribution in [0, 0.1) is 0 Å². The Hall–Kier alpha value is -3.53. The van der Waals surface area contributed by atoms with E-state index < -0.39 is 16.0 Å². The number of ether oxygens (including phenoxy) is 1. The van der Waals surface area contributed by atoms with Gasteiger partial charge in [0.05, 0.1) is 31.8 Å². The van der Waals surface area contributed by atoms with Crippen LogP contribution in [-0.4, -0.2) is 31.7 Å². The van der Waals surface area contributed by atoms with E-state index in [2.05, 4.69) is 5.16 Å². The van der Waals surface area contributed by atoms with E-state index in [4.69, 9.17) is 32.5 Å². The number of hydrogen-bond donors (Lipinski definition) is 1. The van der Waals surface area contributed by atoms with Gasteiger partial charge in [-0.15, -0.1) is 0 Å². The highest BCUT2D eigenvalue weighted by atomic mass is 35.5. The lowest BCUT2D eigenvalue weighted by Gasteiger charge is -2.20. The third-order valence-corrected chi connectivity index (χ3v) is 8.28. The van der Waals surface area contributed by atoms with Crippen molar-refractivity contribution in [3.8, 4) is 17.0 Å². The number of carboxylic acid groups (broad SMARTS) is 1. The first kappa shape index (κ1) is 27.5. The highest BCUT2D eigenvalue weighted by Gasteiger charge is 2.25. The predicted octanol–water partition coefficient (Wildman–Crippen LogP) is 6.87. The van der Waals surface area contributed by atoms with Crippen molar-refractivity contribution in [1.82, 2.24) is 5.16 Å². The molecule has 1 aromatic heterocycles. The van der Waals surface area contributed by atoms with Crippen LogP contribution in [0.15, 0.2) is 76.1 Å². The number of rotatable bonds is 9. The normalized spacial score (nSPS) is 11.5. The quantitative estimate of drug-likeness (QED) is 0.232. The van der Waals surface area contributed by atoms with Crippen LogP contribution in [-0.2, 0) is 16.6 Å². The minimum atomic E-state index is -3.98. The summed E-state index contributed by atoms with van der Waals surface area (Å²) in [6.07, 6.45) is 0. The molecule has 11 heteroatoms. The summed E-state index contributed by atoms with van der Waals surface area (Å²) in [6, 6.07) is 16.8. The summed E-state index contributed by atoms with van der Waals surface area (Å²) in [5.41, 5.74) is 2.01. The molecule has 0 aliphatic rings. The SMILES string of the molecule is CC(C)c1onc(-c2c(Cl)cccc2Cl)c1COc1ccc(N(C)S(=O)(=O)c2cccc(C(=O)O)c2)cc1. The van der Waals surface area contributed by atoms with Gasteiger partial charge in [-0.25, -0.2) is 13.2 Å². The molecule has 0 amide bonds. The van der Waals surface area contributed by atoms with Crippen molar-refractivity contribution in [2.45, 2.75) is 31.3 Å². The Kier molecular flexibility index (Phi) is 8.01. The lowest BCUT2D eigenvalue weighted by molar-refractivity contribution is 0.0696. The number of benzene rings is 3. The fraction of sp³-hybridized carbons (Fsp3) is 0.185. The fourth-order valence-corrected chi connectivity index (χ4v) is 5.65. The van der Waals surface area contributed by atoms with Crippen LogP contribution in [0.25, 0.3) is 11.3 Å². The van der Waals surface area contributed by atoms with Crippen molar-refractivity contribution in [3.63, 3.8) is 0 Å². The third-order valence-electron chi connectivity index (χ3n) is 5.87. The average molecular weight is 575 g/mol. The number of carbonyl (C=O) groups is 1. The van der Waals surface area contributed by atoms with Gasteiger partial charge in [0.2, 0.25) is 0 Å². The monoisotopic (exact) mass is 574 g/mol. The second-order valence-corrected chi connectivity index (χ2v) is 11.5. The molecule has 1 heterocycles. The molecule has 0 fully saturated rings. The van der Waals surface area contributed by atoms with Gasteiger partial charge < -0.3 is 14.4 Å². The van der Waals surface area contributed by atoms with Gasteiger partial charge in [0.25, 0.3) is 10.0 Å². The highest BCUT2D eigenvalue weighted by Crippen LogP contribution is 2.39. The van der Waals surface area contributed by atoms with E-state index in [0.717, 1.165) is 10.4 Å². The summed E-state index contributed by atoms with van der Waals surface area (Å²) < 4.78 is 38.8. The molecular weight excluding hydrogens is 551 g/mol. The summed E-state index contributed by atoms with van der Waals surface area (Å²) in [5, 5.41) is 14.3. The van der Waals surface area contributed by atoms with Gasteiger partial charge >= 0.3 is 5.97 Å². The maximum absolute atomic E-state index is 13.1. The molecule has 0 saturated carbocycles. The first-order valence-corrected chi connectivity index (χ1v) is 13.7. The van der Waals surface area contributed by atoms with Crippen molar-refractivity contribution in [1.29, 1.82) is 0 Å². The summed E-state index contributed by atoms with van der Waals surface area (Å²) in [5.74, 6) is -0.0573. The summed E-state index contributed by atoms with van der Waals surface area (Å²) in [7, 11) is -2.59. The van der Waals surface area contributed by atoms with Gasteiger partial charge in [-0.05, 0) is 54.6 Å². The van der Waals surface area contributed by atoms with E-state index in [1.807, 2.05) is 13.8 Å². The molecule has 0 spiro atoms. The second kappa shape index (κ2) is 11.1. The van der Waals surface area contributed by atoms with Crippen LogP contribution in [0.3, 0.4) is 0 Å². The largest absolute Gasteiger partial charge is 0.489 e. The van der Waals surface area contributed by atoms with Crippen molar-refractivity contribution in [2.75, 3.05) is 11.4 Å². The Morgan fingerprint density at radius 3 is 2.29 bits per heavy atom. The molecule has 1 N–H and O–H groups in total. The van der Waals surface area contributed by atoms with Crippen LogP contribution in [0.1, 0.15) is 41.4 Å². The zero-order chi connectivity index (χ0) is 27.6. The van der Waals surface area contributed by atoms with E-state index in [1.54, 1.807) is 42.5 Å². The Labute approximate surface area is 230 Å². The molecule has 4 aromatic rings. The first-order valence-electron chi connectivity index (χ1n) is 11.5. The van der Waals surface area contributed by atoms with Crippen LogP contribution < -0.4 is 9.04 Å². The minimum Gasteiger partial charge on any atom is -0.489 e.